The van der Waals surface area contributed by atoms with Crippen molar-refractivity contribution in [3.8, 4) is 0 Å². The molecule has 2 aromatic carbocycles. The smallest absolute Gasteiger partial charge is 0.171 e. The largest absolute Gasteiger partial charge is 0.356 e. The molecule has 0 spiro atoms. The van der Waals surface area contributed by atoms with Gasteiger partial charge in [0.15, 0.2) is 5.11 Å². The van der Waals surface area contributed by atoms with Crippen LogP contribution in [0.3, 0.4) is 0 Å². The number of thiocarbonyl (C=S) groups is 1. The minimum atomic E-state index is 0.132. The van der Waals surface area contributed by atoms with Crippen LogP contribution in [0.5, 0.6) is 0 Å². The maximum absolute atomic E-state index is 6.12. The van der Waals surface area contributed by atoms with E-state index in [4.69, 9.17) is 23.8 Å². The first-order valence-electron chi connectivity index (χ1n) is 6.86. The molecule has 2 aromatic rings. The second-order valence-electron chi connectivity index (χ2n) is 5.16. The average molecular weight is 319 g/mol. The van der Waals surface area contributed by atoms with Crippen molar-refractivity contribution < 1.29 is 0 Å². The Morgan fingerprint density at radius 2 is 1.86 bits per heavy atom. The molecular formula is C17H19ClN2S. The SMILES string of the molecule is Cc1ccc(C)c([C@H](C)NC(=S)Nc2ccccc2Cl)c1. The average Bonchev–Trinajstić information content (AvgIpc) is 2.44. The summed E-state index contributed by atoms with van der Waals surface area (Å²) in [5, 5.41) is 7.65. The summed E-state index contributed by atoms with van der Waals surface area (Å²) in [6.45, 7) is 6.30. The molecule has 0 aliphatic carbocycles. The fraction of sp³-hybridized carbons (Fsp3) is 0.235. The van der Waals surface area contributed by atoms with Crippen LogP contribution in [-0.2, 0) is 0 Å². The van der Waals surface area contributed by atoms with E-state index in [1.165, 1.54) is 16.7 Å². The molecule has 0 heterocycles. The zero-order valence-corrected chi connectivity index (χ0v) is 14.0. The molecule has 2 nitrogen and oxygen atoms in total. The van der Waals surface area contributed by atoms with Crippen LogP contribution in [-0.4, -0.2) is 5.11 Å². The molecule has 0 fully saturated rings. The maximum atomic E-state index is 6.12. The normalized spacial score (nSPS) is 11.8. The van der Waals surface area contributed by atoms with E-state index in [1.807, 2.05) is 24.3 Å². The minimum Gasteiger partial charge on any atom is -0.356 e. The predicted molar refractivity (Wildman–Crippen MR) is 95.1 cm³/mol. The number of anilines is 1. The lowest BCUT2D eigenvalue weighted by Gasteiger charge is -2.20. The van der Waals surface area contributed by atoms with Gasteiger partial charge in [0.2, 0.25) is 0 Å². The molecule has 0 saturated heterocycles. The number of rotatable bonds is 3. The Labute approximate surface area is 136 Å². The molecule has 1 atom stereocenters. The van der Waals surface area contributed by atoms with E-state index >= 15 is 0 Å². The molecule has 0 unspecified atom stereocenters. The van der Waals surface area contributed by atoms with Crippen molar-refractivity contribution in [2.24, 2.45) is 0 Å². The molecule has 0 aliphatic heterocycles. The molecule has 110 valence electrons. The van der Waals surface area contributed by atoms with Crippen LogP contribution in [0.1, 0.15) is 29.7 Å². The first-order chi connectivity index (χ1) is 9.97. The lowest BCUT2D eigenvalue weighted by Crippen LogP contribution is -2.31. The van der Waals surface area contributed by atoms with Crippen molar-refractivity contribution in [1.29, 1.82) is 0 Å². The fourth-order valence-electron chi connectivity index (χ4n) is 2.22. The third-order valence-electron chi connectivity index (χ3n) is 3.37. The quantitative estimate of drug-likeness (QED) is 0.778. The summed E-state index contributed by atoms with van der Waals surface area (Å²) >= 11 is 11.5. The molecule has 2 N–H and O–H groups in total. The number of hydrogen-bond acceptors (Lipinski definition) is 1. The van der Waals surface area contributed by atoms with Gasteiger partial charge in [0, 0.05) is 0 Å². The van der Waals surface area contributed by atoms with Crippen molar-refractivity contribution >= 4 is 34.6 Å². The number of nitrogens with one attached hydrogen (secondary N) is 2. The van der Waals surface area contributed by atoms with Gasteiger partial charge in [0.25, 0.3) is 0 Å². The zero-order valence-electron chi connectivity index (χ0n) is 12.4. The van der Waals surface area contributed by atoms with Crippen molar-refractivity contribution in [2.45, 2.75) is 26.8 Å². The van der Waals surface area contributed by atoms with E-state index in [0.29, 0.717) is 10.1 Å². The number of para-hydroxylation sites is 1. The molecule has 0 aromatic heterocycles. The predicted octanol–water partition coefficient (Wildman–Crippen LogP) is 5.00. The number of aryl methyl sites for hydroxylation is 2. The molecule has 0 radical (unpaired) electrons. The zero-order chi connectivity index (χ0) is 15.4. The van der Waals surface area contributed by atoms with Crippen LogP contribution in [0.15, 0.2) is 42.5 Å². The molecule has 0 bridgehead atoms. The first kappa shape index (κ1) is 15.8. The molecule has 0 saturated carbocycles. The minimum absolute atomic E-state index is 0.132. The number of hydrogen-bond donors (Lipinski definition) is 2. The van der Waals surface area contributed by atoms with Gasteiger partial charge >= 0.3 is 0 Å². The van der Waals surface area contributed by atoms with Crippen LogP contribution >= 0.6 is 23.8 Å². The Hall–Kier alpha value is -1.58. The van der Waals surface area contributed by atoms with Gasteiger partial charge in [0.05, 0.1) is 16.8 Å². The Kier molecular flexibility index (Phi) is 5.21. The van der Waals surface area contributed by atoms with Crippen molar-refractivity contribution in [3.05, 3.63) is 64.2 Å². The third kappa shape index (κ3) is 4.19. The summed E-state index contributed by atoms with van der Waals surface area (Å²) in [4.78, 5) is 0. The second-order valence-corrected chi connectivity index (χ2v) is 5.98. The van der Waals surface area contributed by atoms with Crippen LogP contribution in [0.4, 0.5) is 5.69 Å². The molecule has 0 aliphatic rings. The summed E-state index contributed by atoms with van der Waals surface area (Å²) in [7, 11) is 0. The lowest BCUT2D eigenvalue weighted by molar-refractivity contribution is 0.716. The van der Waals surface area contributed by atoms with Gasteiger partial charge in [0.1, 0.15) is 0 Å². The summed E-state index contributed by atoms with van der Waals surface area (Å²) < 4.78 is 0. The van der Waals surface area contributed by atoms with E-state index < -0.39 is 0 Å². The van der Waals surface area contributed by atoms with Gasteiger partial charge in [-0.2, -0.15) is 0 Å². The standard InChI is InChI=1S/C17H19ClN2S/c1-11-8-9-12(2)14(10-11)13(3)19-17(21)20-16-7-5-4-6-15(16)18/h4-10,13H,1-3H3,(H2,19,20,21)/t13-/m0/s1. The van der Waals surface area contributed by atoms with Crippen LogP contribution in [0.25, 0.3) is 0 Å². The van der Waals surface area contributed by atoms with Gasteiger partial charge in [-0.3, -0.25) is 0 Å². The monoisotopic (exact) mass is 318 g/mol. The van der Waals surface area contributed by atoms with Gasteiger partial charge in [-0.05, 0) is 56.2 Å². The molecule has 0 amide bonds. The van der Waals surface area contributed by atoms with Gasteiger partial charge in [-0.1, -0.05) is 47.5 Å². The van der Waals surface area contributed by atoms with E-state index in [2.05, 4.69) is 49.6 Å². The molecule has 4 heteroatoms. The summed E-state index contributed by atoms with van der Waals surface area (Å²) in [5.41, 5.74) is 4.55. The molecular weight excluding hydrogens is 300 g/mol. The molecule has 21 heavy (non-hydrogen) atoms. The third-order valence-corrected chi connectivity index (χ3v) is 3.92. The Balaban J connectivity index is 2.06. The highest BCUT2D eigenvalue weighted by Gasteiger charge is 2.10. The first-order valence-corrected chi connectivity index (χ1v) is 7.65. The number of halogens is 1. The highest BCUT2D eigenvalue weighted by molar-refractivity contribution is 7.80. The van der Waals surface area contributed by atoms with Crippen LogP contribution in [0.2, 0.25) is 5.02 Å². The second kappa shape index (κ2) is 6.92. The fourth-order valence-corrected chi connectivity index (χ4v) is 2.69. The van der Waals surface area contributed by atoms with Crippen molar-refractivity contribution in [3.63, 3.8) is 0 Å². The topological polar surface area (TPSA) is 24.1 Å². The molecule has 2 rings (SSSR count). The van der Waals surface area contributed by atoms with Gasteiger partial charge in [-0.25, -0.2) is 0 Å². The lowest BCUT2D eigenvalue weighted by atomic mass is 10.0. The van der Waals surface area contributed by atoms with E-state index in [0.717, 1.165) is 5.69 Å². The Morgan fingerprint density at radius 1 is 1.14 bits per heavy atom. The highest BCUT2D eigenvalue weighted by Crippen LogP contribution is 2.22. The van der Waals surface area contributed by atoms with E-state index in [-0.39, 0.29) is 6.04 Å². The Morgan fingerprint density at radius 3 is 2.57 bits per heavy atom. The van der Waals surface area contributed by atoms with Crippen molar-refractivity contribution in [1.82, 2.24) is 5.32 Å². The van der Waals surface area contributed by atoms with E-state index in [9.17, 15) is 0 Å². The van der Waals surface area contributed by atoms with Crippen LogP contribution in [0, 0.1) is 13.8 Å². The Bertz CT molecular complexity index is 655. The van der Waals surface area contributed by atoms with E-state index in [1.54, 1.807) is 0 Å². The highest BCUT2D eigenvalue weighted by atomic mass is 35.5. The van der Waals surface area contributed by atoms with Crippen molar-refractivity contribution in [2.75, 3.05) is 5.32 Å². The van der Waals surface area contributed by atoms with Gasteiger partial charge in [-0.15, -0.1) is 0 Å². The summed E-state index contributed by atoms with van der Waals surface area (Å²) in [5.74, 6) is 0. The summed E-state index contributed by atoms with van der Waals surface area (Å²) in [6.07, 6.45) is 0. The van der Waals surface area contributed by atoms with Gasteiger partial charge < -0.3 is 10.6 Å². The number of benzene rings is 2. The maximum Gasteiger partial charge on any atom is 0.171 e. The summed E-state index contributed by atoms with van der Waals surface area (Å²) in [6, 6.07) is 14.1. The van der Waals surface area contributed by atoms with Crippen LogP contribution < -0.4 is 10.6 Å².